The lowest BCUT2D eigenvalue weighted by Gasteiger charge is -2.18. The maximum Gasteiger partial charge on any atom is 0.210 e. The second-order valence-electron chi connectivity index (χ2n) is 4.32. The Bertz CT molecular complexity index is 252. The van der Waals surface area contributed by atoms with Gasteiger partial charge in [0.2, 0.25) is 5.78 Å². The normalized spacial score (nSPS) is 23.1. The van der Waals surface area contributed by atoms with E-state index in [2.05, 4.69) is 4.90 Å². The van der Waals surface area contributed by atoms with Crippen molar-refractivity contribution in [2.24, 2.45) is 0 Å². The molecule has 0 aromatic rings. The van der Waals surface area contributed by atoms with Crippen LogP contribution < -0.4 is 0 Å². The first-order valence-corrected chi connectivity index (χ1v) is 5.95. The molecule has 0 bridgehead atoms. The number of ether oxygens (including phenoxy) is 1. The molecule has 84 valence electrons. The molecule has 0 spiro atoms. The predicted molar refractivity (Wildman–Crippen MR) is 58.6 cm³/mol. The molecule has 0 unspecified atom stereocenters. The van der Waals surface area contributed by atoms with E-state index in [1.807, 2.05) is 6.08 Å². The van der Waals surface area contributed by atoms with E-state index in [9.17, 15) is 4.79 Å². The van der Waals surface area contributed by atoms with Gasteiger partial charge in [0, 0.05) is 6.42 Å². The topological polar surface area (TPSA) is 29.5 Å². The van der Waals surface area contributed by atoms with Crippen LogP contribution in [0.5, 0.6) is 0 Å². The third-order valence-electron chi connectivity index (χ3n) is 3.05. The van der Waals surface area contributed by atoms with Crippen LogP contribution in [0.2, 0.25) is 0 Å². The van der Waals surface area contributed by atoms with Crippen molar-refractivity contribution in [1.29, 1.82) is 0 Å². The molecule has 0 aromatic carbocycles. The Kier molecular flexibility index (Phi) is 3.78. The van der Waals surface area contributed by atoms with Crippen LogP contribution in [0.3, 0.4) is 0 Å². The van der Waals surface area contributed by atoms with Crippen molar-refractivity contribution in [3.05, 3.63) is 11.8 Å². The smallest absolute Gasteiger partial charge is 0.210 e. The highest BCUT2D eigenvalue weighted by Crippen LogP contribution is 2.13. The van der Waals surface area contributed by atoms with E-state index in [1.54, 1.807) is 0 Å². The molecule has 3 nitrogen and oxygen atoms in total. The molecular weight excluding hydrogens is 190 g/mol. The number of likely N-dealkylation sites (tertiary alicyclic amines) is 1. The highest BCUT2D eigenvalue weighted by Gasteiger charge is 2.18. The number of nitrogens with zero attached hydrogens (tertiary/aromatic N) is 1. The molecule has 2 rings (SSSR count). The summed E-state index contributed by atoms with van der Waals surface area (Å²) in [5, 5.41) is 0. The fourth-order valence-electron chi connectivity index (χ4n) is 2.19. The molecule has 0 saturated carbocycles. The first-order valence-electron chi connectivity index (χ1n) is 5.95. The molecule has 0 N–H and O–H groups in total. The van der Waals surface area contributed by atoms with Crippen molar-refractivity contribution in [1.82, 2.24) is 4.90 Å². The molecule has 1 fully saturated rings. The Morgan fingerprint density at radius 2 is 2.00 bits per heavy atom. The van der Waals surface area contributed by atoms with Crippen LogP contribution in [0.4, 0.5) is 0 Å². The van der Waals surface area contributed by atoms with Crippen LogP contribution in [0.25, 0.3) is 0 Å². The van der Waals surface area contributed by atoms with Gasteiger partial charge in [0.05, 0.1) is 13.2 Å². The molecule has 1 saturated heterocycles. The van der Waals surface area contributed by atoms with Crippen LogP contribution in [0.1, 0.15) is 32.1 Å². The van der Waals surface area contributed by atoms with Crippen LogP contribution >= 0.6 is 0 Å². The second kappa shape index (κ2) is 5.31. The van der Waals surface area contributed by atoms with Crippen molar-refractivity contribution < 1.29 is 9.53 Å². The Morgan fingerprint density at radius 1 is 1.27 bits per heavy atom. The number of carbonyl (C=O) groups excluding carboxylic acids is 1. The van der Waals surface area contributed by atoms with Gasteiger partial charge >= 0.3 is 0 Å². The Hall–Kier alpha value is -0.830. The van der Waals surface area contributed by atoms with Gasteiger partial charge in [-0.25, -0.2) is 0 Å². The number of rotatable bonds is 3. The van der Waals surface area contributed by atoms with Gasteiger partial charge in [-0.2, -0.15) is 0 Å². The third-order valence-corrected chi connectivity index (χ3v) is 3.05. The van der Waals surface area contributed by atoms with Gasteiger partial charge in [-0.05, 0) is 32.0 Å². The average molecular weight is 209 g/mol. The van der Waals surface area contributed by atoms with E-state index < -0.39 is 0 Å². The highest BCUT2D eigenvalue weighted by molar-refractivity contribution is 5.95. The van der Waals surface area contributed by atoms with Gasteiger partial charge in [-0.1, -0.05) is 12.8 Å². The van der Waals surface area contributed by atoms with Crippen molar-refractivity contribution in [3.8, 4) is 0 Å². The van der Waals surface area contributed by atoms with E-state index in [1.165, 1.54) is 25.7 Å². The Labute approximate surface area is 91.1 Å². The van der Waals surface area contributed by atoms with E-state index in [-0.39, 0.29) is 5.78 Å². The van der Waals surface area contributed by atoms with Gasteiger partial charge in [0.1, 0.15) is 0 Å². The Balaban J connectivity index is 1.81. The van der Waals surface area contributed by atoms with E-state index in [0.717, 1.165) is 19.5 Å². The first kappa shape index (κ1) is 10.7. The number of carbonyl (C=O) groups is 1. The number of ketones is 1. The SMILES string of the molecule is O=C(CN1CCCCCC1)C1=CCCO1. The molecule has 0 aliphatic carbocycles. The summed E-state index contributed by atoms with van der Waals surface area (Å²) in [5.74, 6) is 0.758. The quantitative estimate of drug-likeness (QED) is 0.709. The molecule has 15 heavy (non-hydrogen) atoms. The van der Waals surface area contributed by atoms with E-state index >= 15 is 0 Å². The third kappa shape index (κ3) is 3.06. The van der Waals surface area contributed by atoms with Crippen LogP contribution in [0, 0.1) is 0 Å². The maximum atomic E-state index is 11.8. The van der Waals surface area contributed by atoms with Crippen LogP contribution in [0.15, 0.2) is 11.8 Å². The van der Waals surface area contributed by atoms with Gasteiger partial charge in [0.25, 0.3) is 0 Å². The average Bonchev–Trinajstić information content (AvgIpc) is 2.65. The summed E-state index contributed by atoms with van der Waals surface area (Å²) in [6, 6.07) is 0. The summed E-state index contributed by atoms with van der Waals surface area (Å²) < 4.78 is 5.27. The minimum absolute atomic E-state index is 0.161. The summed E-state index contributed by atoms with van der Waals surface area (Å²) in [6.07, 6.45) is 7.88. The Morgan fingerprint density at radius 3 is 2.60 bits per heavy atom. The molecule has 0 radical (unpaired) electrons. The molecule has 0 amide bonds. The molecule has 2 heterocycles. The molecule has 0 aromatic heterocycles. The van der Waals surface area contributed by atoms with Crippen molar-refractivity contribution >= 4 is 5.78 Å². The molecule has 0 atom stereocenters. The number of Topliss-reactive ketones (excluding diaryl/α,β-unsaturated/α-hetero) is 1. The largest absolute Gasteiger partial charge is 0.490 e. The zero-order chi connectivity index (χ0) is 10.5. The van der Waals surface area contributed by atoms with Crippen molar-refractivity contribution in [2.75, 3.05) is 26.2 Å². The fraction of sp³-hybridized carbons (Fsp3) is 0.750. The number of hydrogen-bond donors (Lipinski definition) is 0. The minimum atomic E-state index is 0.161. The standard InChI is InChI=1S/C12H19NO2/c14-11(12-6-5-9-15-12)10-13-7-3-1-2-4-8-13/h6H,1-5,7-10H2. The summed E-state index contributed by atoms with van der Waals surface area (Å²) in [6.45, 7) is 3.37. The van der Waals surface area contributed by atoms with E-state index in [0.29, 0.717) is 18.9 Å². The van der Waals surface area contributed by atoms with Crippen LogP contribution in [-0.2, 0) is 9.53 Å². The zero-order valence-electron chi connectivity index (χ0n) is 9.21. The summed E-state index contributed by atoms with van der Waals surface area (Å²) in [7, 11) is 0. The van der Waals surface area contributed by atoms with Gasteiger partial charge in [-0.15, -0.1) is 0 Å². The monoisotopic (exact) mass is 209 g/mol. The maximum absolute atomic E-state index is 11.8. The lowest BCUT2D eigenvalue weighted by atomic mass is 10.2. The zero-order valence-corrected chi connectivity index (χ0v) is 9.21. The second-order valence-corrected chi connectivity index (χ2v) is 4.32. The van der Waals surface area contributed by atoms with Crippen LogP contribution in [-0.4, -0.2) is 36.9 Å². The van der Waals surface area contributed by atoms with Crippen molar-refractivity contribution in [3.63, 3.8) is 0 Å². The van der Waals surface area contributed by atoms with Gasteiger partial charge in [0.15, 0.2) is 5.76 Å². The lowest BCUT2D eigenvalue weighted by molar-refractivity contribution is -0.119. The summed E-state index contributed by atoms with van der Waals surface area (Å²) >= 11 is 0. The van der Waals surface area contributed by atoms with Gasteiger partial charge in [-0.3, -0.25) is 9.69 Å². The minimum Gasteiger partial charge on any atom is -0.490 e. The molecule has 3 heteroatoms. The summed E-state index contributed by atoms with van der Waals surface area (Å²) in [4.78, 5) is 14.1. The predicted octanol–water partition coefficient (Wildman–Crippen LogP) is 1.74. The molecule has 2 aliphatic rings. The molecule has 2 aliphatic heterocycles. The lowest BCUT2D eigenvalue weighted by Crippen LogP contribution is -2.31. The van der Waals surface area contributed by atoms with E-state index in [4.69, 9.17) is 4.74 Å². The summed E-state index contributed by atoms with van der Waals surface area (Å²) in [5.41, 5.74) is 0. The highest BCUT2D eigenvalue weighted by atomic mass is 16.5. The number of hydrogen-bond acceptors (Lipinski definition) is 3. The fourth-order valence-corrected chi connectivity index (χ4v) is 2.19. The first-order chi connectivity index (χ1) is 7.36. The van der Waals surface area contributed by atoms with Crippen molar-refractivity contribution in [2.45, 2.75) is 32.1 Å². The van der Waals surface area contributed by atoms with Gasteiger partial charge < -0.3 is 4.74 Å². The molecular formula is C12H19NO2.